The molecule has 1 aliphatic rings. The number of para-hydroxylation sites is 1. The van der Waals surface area contributed by atoms with Gasteiger partial charge in [0.1, 0.15) is 11.5 Å². The van der Waals surface area contributed by atoms with Crippen LogP contribution in [0.25, 0.3) is 71.3 Å². The SMILES string of the molecule is C=CNC(=C)c1cc(Cc2ccc(S)cc2)c2c3c(Cc4ccc(S)cc4)cc4c5c(cc(Cc6ccc(S)cc6)c(c6c(Oc7ccc(S)cc7)cc(-c7c(C(C)C)cccc7C(C)C)c1c26)c53)C(=C)N(c1c(C(C)C)cccc1C(C)C)C4=C. The zero-order valence-electron chi connectivity index (χ0n) is 50.5. The van der Waals surface area contributed by atoms with Gasteiger partial charge in [0, 0.05) is 74.9 Å². The van der Waals surface area contributed by atoms with Crippen molar-refractivity contribution in [1.29, 1.82) is 0 Å². The Bertz CT molecular complexity index is 4360. The molecule has 7 heteroatoms. The van der Waals surface area contributed by atoms with Crippen molar-refractivity contribution >= 4 is 116 Å². The molecule has 0 bridgehead atoms. The maximum Gasteiger partial charge on any atom is 0.136 e. The van der Waals surface area contributed by atoms with E-state index in [9.17, 15) is 0 Å². The van der Waals surface area contributed by atoms with Crippen LogP contribution in [-0.2, 0) is 19.3 Å². The molecule has 0 amide bonds. The maximum atomic E-state index is 7.67. The van der Waals surface area contributed by atoms with E-state index in [0.29, 0.717) is 25.0 Å². The molecule has 430 valence electrons. The summed E-state index contributed by atoms with van der Waals surface area (Å²) in [7, 11) is 0. The molecular formula is C79H74N2OS4. The summed E-state index contributed by atoms with van der Waals surface area (Å²) in [6.07, 6.45) is 3.60. The summed E-state index contributed by atoms with van der Waals surface area (Å²) in [4.78, 5) is 5.98. The lowest BCUT2D eigenvalue weighted by Crippen LogP contribution is -2.26. The molecule has 0 atom stereocenters. The van der Waals surface area contributed by atoms with E-state index in [-0.39, 0.29) is 23.7 Å². The molecule has 0 saturated carbocycles. The summed E-state index contributed by atoms with van der Waals surface area (Å²) < 4.78 is 7.67. The van der Waals surface area contributed by atoms with Crippen LogP contribution in [0.1, 0.15) is 151 Å². The van der Waals surface area contributed by atoms with Crippen LogP contribution in [0.3, 0.4) is 0 Å². The maximum absolute atomic E-state index is 7.67. The molecule has 3 nitrogen and oxygen atoms in total. The van der Waals surface area contributed by atoms with Gasteiger partial charge in [-0.1, -0.05) is 155 Å². The largest absolute Gasteiger partial charge is 0.457 e. The smallest absolute Gasteiger partial charge is 0.136 e. The molecule has 0 spiro atoms. The van der Waals surface area contributed by atoms with Crippen molar-refractivity contribution in [1.82, 2.24) is 5.32 Å². The van der Waals surface area contributed by atoms with Crippen LogP contribution in [0, 0.1) is 0 Å². The summed E-state index contributed by atoms with van der Waals surface area (Å²) >= 11 is 19.2. The molecule has 0 saturated heterocycles. The lowest BCUT2D eigenvalue weighted by Gasteiger charge is -2.39. The second kappa shape index (κ2) is 23.6. The molecule has 0 fully saturated rings. The fraction of sp³-hybridized carbons (Fsp3) is 0.190. The average Bonchev–Trinajstić information content (AvgIpc) is 0.681. The number of nitrogens with one attached hydrogen (secondary N) is 1. The summed E-state index contributed by atoms with van der Waals surface area (Å²) in [5, 5.41) is 12.5. The Morgan fingerprint density at radius 2 is 0.837 bits per heavy atom. The van der Waals surface area contributed by atoms with Gasteiger partial charge in [0.2, 0.25) is 0 Å². The van der Waals surface area contributed by atoms with Crippen LogP contribution in [0.4, 0.5) is 5.69 Å². The molecule has 1 aliphatic heterocycles. The summed E-state index contributed by atoms with van der Waals surface area (Å²) in [5.41, 5.74) is 21.2. The monoisotopic (exact) mass is 1190 g/mol. The highest BCUT2D eigenvalue weighted by Crippen LogP contribution is 2.58. The number of fused-ring (bicyclic) bond motifs is 2. The zero-order chi connectivity index (χ0) is 60.6. The lowest BCUT2D eigenvalue weighted by molar-refractivity contribution is 0.488. The Morgan fingerprint density at radius 1 is 0.453 bits per heavy atom. The third kappa shape index (κ3) is 10.5. The normalized spacial score (nSPS) is 12.6. The van der Waals surface area contributed by atoms with E-state index < -0.39 is 0 Å². The number of thiol groups is 4. The van der Waals surface area contributed by atoms with Crippen LogP contribution in [0.2, 0.25) is 0 Å². The lowest BCUT2D eigenvalue weighted by atomic mass is 9.74. The van der Waals surface area contributed by atoms with Gasteiger partial charge in [-0.2, -0.15) is 0 Å². The number of rotatable bonds is 17. The summed E-state index contributed by atoms with van der Waals surface area (Å²) in [5.74, 6) is 2.31. The highest BCUT2D eigenvalue weighted by molar-refractivity contribution is 7.80. The molecule has 11 aromatic carbocycles. The number of hydrogen-bond acceptors (Lipinski definition) is 7. The van der Waals surface area contributed by atoms with E-state index in [1.807, 2.05) is 24.3 Å². The van der Waals surface area contributed by atoms with Crippen molar-refractivity contribution < 1.29 is 4.74 Å². The number of nitrogens with zero attached hydrogens (tertiary/aromatic N) is 1. The Morgan fingerprint density at radius 3 is 1.26 bits per heavy atom. The van der Waals surface area contributed by atoms with Gasteiger partial charge in [-0.05, 0) is 222 Å². The fourth-order valence-corrected chi connectivity index (χ4v) is 14.2. The Hall–Kier alpha value is -7.52. The van der Waals surface area contributed by atoms with Crippen molar-refractivity contribution in [3.63, 3.8) is 0 Å². The van der Waals surface area contributed by atoms with Crippen LogP contribution in [0.15, 0.2) is 210 Å². The second-order valence-electron chi connectivity index (χ2n) is 24.6. The second-order valence-corrected chi connectivity index (χ2v) is 26.6. The summed E-state index contributed by atoms with van der Waals surface area (Å²) in [6, 6.07) is 57.4. The molecule has 1 N–H and O–H groups in total. The zero-order valence-corrected chi connectivity index (χ0v) is 54.1. The van der Waals surface area contributed by atoms with Crippen LogP contribution >= 0.6 is 50.5 Å². The first-order valence-electron chi connectivity index (χ1n) is 30.0. The number of ether oxygens (including phenoxy) is 1. The Labute approximate surface area is 530 Å². The van der Waals surface area contributed by atoms with Crippen molar-refractivity contribution in [3.8, 4) is 22.6 Å². The number of benzene rings is 11. The van der Waals surface area contributed by atoms with E-state index in [1.54, 1.807) is 6.20 Å². The predicted octanol–water partition coefficient (Wildman–Crippen LogP) is 22.8. The highest BCUT2D eigenvalue weighted by atomic mass is 32.1. The first-order valence-corrected chi connectivity index (χ1v) is 31.7. The molecule has 11 aromatic rings. The molecule has 1 heterocycles. The van der Waals surface area contributed by atoms with Gasteiger partial charge in [0.15, 0.2) is 0 Å². The van der Waals surface area contributed by atoms with Gasteiger partial charge in [0.25, 0.3) is 0 Å². The minimum absolute atomic E-state index is 0.192. The first kappa shape index (κ1) is 58.8. The van der Waals surface area contributed by atoms with Crippen molar-refractivity contribution in [2.45, 2.75) is 118 Å². The van der Waals surface area contributed by atoms with Crippen LogP contribution < -0.4 is 15.0 Å². The van der Waals surface area contributed by atoms with E-state index in [1.165, 1.54) is 49.7 Å². The third-order valence-electron chi connectivity index (χ3n) is 17.5. The molecule has 12 rings (SSSR count). The number of hydrogen-bond donors (Lipinski definition) is 5. The first-order chi connectivity index (χ1) is 41.3. The van der Waals surface area contributed by atoms with E-state index in [0.717, 1.165) is 125 Å². The van der Waals surface area contributed by atoms with Gasteiger partial charge in [-0.3, -0.25) is 0 Å². The molecule has 0 aromatic heterocycles. The molecule has 0 radical (unpaired) electrons. The topological polar surface area (TPSA) is 24.5 Å². The average molecular weight is 1200 g/mol. The minimum atomic E-state index is 0.192. The van der Waals surface area contributed by atoms with Crippen LogP contribution in [0.5, 0.6) is 11.5 Å². The molecule has 0 aliphatic carbocycles. The predicted molar refractivity (Wildman–Crippen MR) is 382 cm³/mol. The van der Waals surface area contributed by atoms with Gasteiger partial charge in [-0.25, -0.2) is 0 Å². The van der Waals surface area contributed by atoms with Gasteiger partial charge < -0.3 is 15.0 Å². The molecule has 86 heavy (non-hydrogen) atoms. The van der Waals surface area contributed by atoms with Crippen molar-refractivity contribution in [3.05, 3.63) is 263 Å². The minimum Gasteiger partial charge on any atom is -0.457 e. The van der Waals surface area contributed by atoms with Gasteiger partial charge >= 0.3 is 0 Å². The van der Waals surface area contributed by atoms with E-state index in [2.05, 4.69) is 206 Å². The van der Waals surface area contributed by atoms with Crippen molar-refractivity contribution in [2.75, 3.05) is 4.90 Å². The quantitative estimate of drug-likeness (QED) is 0.0357. The van der Waals surface area contributed by atoms with Gasteiger partial charge in [0.05, 0.1) is 5.69 Å². The Kier molecular flexibility index (Phi) is 16.2. The highest BCUT2D eigenvalue weighted by Gasteiger charge is 2.36. The fourth-order valence-electron chi connectivity index (χ4n) is 13.6. The van der Waals surface area contributed by atoms with Crippen molar-refractivity contribution in [2.24, 2.45) is 0 Å². The van der Waals surface area contributed by atoms with E-state index in [4.69, 9.17) is 75.0 Å². The van der Waals surface area contributed by atoms with Gasteiger partial charge in [-0.15, -0.1) is 50.5 Å². The van der Waals surface area contributed by atoms with E-state index >= 15 is 0 Å². The Balaban J connectivity index is 1.39. The third-order valence-corrected chi connectivity index (χ3v) is 18.7. The van der Waals surface area contributed by atoms with Crippen LogP contribution in [-0.4, -0.2) is 0 Å². The number of anilines is 1. The molecular weight excluding hydrogens is 1120 g/mol. The molecule has 0 unspecified atom stereocenters. The standard InChI is InChI=1S/C79H74N2OS4/c1-13-80-47(10)65-39-53(36-50-20-28-57(83)29-21-50)71-70-54(37-51-22-30-58(84)31-23-51)40-66-48(11)81(79-63(45(6)7)18-15-19-64(79)46(8)9)49(12)67-41-55(38-52-24-32-59(85)33-25-52)72(77(70)75(66)67)76-69(82-56-26-34-60(86)35-27-56)42-68(74(65)78(71)76)73-61(43(2)3)16-14-17-62(73)44(4)5/h13-35,39-46,80,83-86H,1,10-12,36-38H2,2-9H3. The summed E-state index contributed by atoms with van der Waals surface area (Å²) in [6.45, 7) is 37.8.